The Hall–Kier alpha value is -2.18. The molecule has 0 aliphatic carbocycles. The summed E-state index contributed by atoms with van der Waals surface area (Å²) in [7, 11) is 0. The molecule has 0 bridgehead atoms. The van der Waals surface area contributed by atoms with Gasteiger partial charge in [-0.05, 0) is 19.1 Å². The molecule has 2 N–H and O–H groups in total. The molecule has 1 aromatic rings. The number of halogens is 2. The van der Waals surface area contributed by atoms with Crippen LogP contribution in [0.2, 0.25) is 0 Å². The Labute approximate surface area is 108 Å². The average molecular weight is 272 g/mol. The first-order valence-corrected chi connectivity index (χ1v) is 5.68. The molecule has 0 aliphatic heterocycles. The van der Waals surface area contributed by atoms with Crippen LogP contribution in [0.5, 0.6) is 0 Å². The Morgan fingerprint density at radius 1 is 1.26 bits per heavy atom. The van der Waals surface area contributed by atoms with Crippen LogP contribution in [0.4, 0.5) is 19.3 Å². The highest BCUT2D eigenvalue weighted by atomic mass is 19.2. The third-order valence-electron chi connectivity index (χ3n) is 2.10. The third-order valence-corrected chi connectivity index (χ3v) is 2.10. The number of carbonyl (C=O) groups excluding carboxylic acids is 2. The first-order chi connectivity index (χ1) is 9.02. The summed E-state index contributed by atoms with van der Waals surface area (Å²) in [6.07, 6.45) is 0.0407. The fraction of sp³-hybridized carbons (Fsp3) is 0.333. The Bertz CT molecular complexity index is 466. The van der Waals surface area contributed by atoms with Gasteiger partial charge in [0.1, 0.15) is 0 Å². The maximum Gasteiger partial charge on any atom is 0.319 e. The average Bonchev–Trinajstić information content (AvgIpc) is 2.34. The van der Waals surface area contributed by atoms with E-state index >= 15 is 0 Å². The number of hydrogen-bond donors (Lipinski definition) is 2. The van der Waals surface area contributed by atoms with Crippen molar-refractivity contribution in [1.82, 2.24) is 5.32 Å². The molecule has 0 fully saturated rings. The number of hydrogen-bond acceptors (Lipinski definition) is 3. The number of esters is 1. The fourth-order valence-electron chi connectivity index (χ4n) is 1.26. The van der Waals surface area contributed by atoms with Crippen LogP contribution in [0.25, 0.3) is 0 Å². The van der Waals surface area contributed by atoms with Crippen LogP contribution in [0.1, 0.15) is 13.3 Å². The number of carbonyl (C=O) groups is 2. The summed E-state index contributed by atoms with van der Waals surface area (Å²) < 4.78 is 30.2. The summed E-state index contributed by atoms with van der Waals surface area (Å²) >= 11 is 0. The fourth-order valence-corrected chi connectivity index (χ4v) is 1.26. The summed E-state index contributed by atoms with van der Waals surface area (Å²) in [5, 5.41) is 4.69. The smallest absolute Gasteiger partial charge is 0.319 e. The molecule has 0 spiro atoms. The first-order valence-electron chi connectivity index (χ1n) is 5.68. The molecule has 0 aromatic heterocycles. The van der Waals surface area contributed by atoms with Gasteiger partial charge < -0.3 is 15.4 Å². The first kappa shape index (κ1) is 14.9. The predicted octanol–water partition coefficient (Wildman–Crippen LogP) is 2.04. The molecule has 0 heterocycles. The number of amides is 2. The van der Waals surface area contributed by atoms with E-state index in [0.29, 0.717) is 0 Å². The SMILES string of the molecule is CCOC(=O)CCNC(=O)Nc1ccc(F)c(F)c1. The van der Waals surface area contributed by atoms with E-state index in [4.69, 9.17) is 0 Å². The van der Waals surface area contributed by atoms with Gasteiger partial charge in [0.2, 0.25) is 0 Å². The Morgan fingerprint density at radius 3 is 2.63 bits per heavy atom. The van der Waals surface area contributed by atoms with E-state index in [-0.39, 0.29) is 25.3 Å². The highest BCUT2D eigenvalue weighted by Crippen LogP contribution is 2.12. The standard InChI is InChI=1S/C12H14F2N2O3/c1-2-19-11(17)5-6-15-12(18)16-8-3-4-9(13)10(14)7-8/h3-4,7H,2,5-6H2,1H3,(H2,15,16,18). The van der Waals surface area contributed by atoms with Gasteiger partial charge in [-0.2, -0.15) is 0 Å². The molecule has 19 heavy (non-hydrogen) atoms. The van der Waals surface area contributed by atoms with Crippen molar-refractivity contribution in [2.45, 2.75) is 13.3 Å². The van der Waals surface area contributed by atoms with Crippen LogP contribution in [0.3, 0.4) is 0 Å². The number of anilines is 1. The minimum absolute atomic E-state index is 0.0407. The van der Waals surface area contributed by atoms with E-state index in [2.05, 4.69) is 15.4 Å². The number of nitrogens with one attached hydrogen (secondary N) is 2. The molecule has 2 amide bonds. The lowest BCUT2D eigenvalue weighted by molar-refractivity contribution is -0.142. The number of rotatable bonds is 5. The van der Waals surface area contributed by atoms with Gasteiger partial charge in [0.15, 0.2) is 11.6 Å². The van der Waals surface area contributed by atoms with Gasteiger partial charge in [-0.25, -0.2) is 13.6 Å². The summed E-state index contributed by atoms with van der Waals surface area (Å²) in [5.41, 5.74) is 0.118. The molecule has 7 heteroatoms. The molecule has 0 unspecified atom stereocenters. The highest BCUT2D eigenvalue weighted by Gasteiger charge is 2.07. The summed E-state index contributed by atoms with van der Waals surface area (Å²) in [4.78, 5) is 22.3. The van der Waals surface area contributed by atoms with Crippen molar-refractivity contribution < 1.29 is 23.1 Å². The van der Waals surface area contributed by atoms with Gasteiger partial charge in [-0.3, -0.25) is 4.79 Å². The Kier molecular flexibility index (Phi) is 5.72. The van der Waals surface area contributed by atoms with Gasteiger partial charge in [0.05, 0.1) is 13.0 Å². The number of benzene rings is 1. The maximum absolute atomic E-state index is 12.9. The Balaban J connectivity index is 2.35. The van der Waals surface area contributed by atoms with Gasteiger partial charge in [0, 0.05) is 18.3 Å². The van der Waals surface area contributed by atoms with Crippen LogP contribution < -0.4 is 10.6 Å². The lowest BCUT2D eigenvalue weighted by Crippen LogP contribution is -2.30. The molecular formula is C12H14F2N2O3. The van der Waals surface area contributed by atoms with Crippen molar-refractivity contribution >= 4 is 17.7 Å². The predicted molar refractivity (Wildman–Crippen MR) is 64.6 cm³/mol. The van der Waals surface area contributed by atoms with Crippen LogP contribution in [0, 0.1) is 11.6 Å². The normalized spacial score (nSPS) is 9.84. The van der Waals surface area contributed by atoms with Gasteiger partial charge in [-0.15, -0.1) is 0 Å². The summed E-state index contributed by atoms with van der Waals surface area (Å²) in [6, 6.07) is 2.38. The molecule has 0 saturated carbocycles. The number of urea groups is 1. The van der Waals surface area contributed by atoms with Gasteiger partial charge in [-0.1, -0.05) is 0 Å². The van der Waals surface area contributed by atoms with E-state index in [0.717, 1.165) is 12.1 Å². The lowest BCUT2D eigenvalue weighted by atomic mass is 10.3. The largest absolute Gasteiger partial charge is 0.466 e. The molecule has 104 valence electrons. The molecular weight excluding hydrogens is 258 g/mol. The van der Waals surface area contributed by atoms with Crippen LogP contribution in [0.15, 0.2) is 18.2 Å². The van der Waals surface area contributed by atoms with Crippen LogP contribution in [-0.4, -0.2) is 25.2 Å². The zero-order valence-electron chi connectivity index (χ0n) is 10.3. The topological polar surface area (TPSA) is 67.4 Å². The second kappa shape index (κ2) is 7.30. The second-order valence-corrected chi connectivity index (χ2v) is 3.56. The van der Waals surface area contributed by atoms with E-state index in [1.54, 1.807) is 6.92 Å². The van der Waals surface area contributed by atoms with Crippen molar-refractivity contribution in [3.8, 4) is 0 Å². The van der Waals surface area contributed by atoms with E-state index in [9.17, 15) is 18.4 Å². The van der Waals surface area contributed by atoms with Crippen molar-refractivity contribution in [2.75, 3.05) is 18.5 Å². The second-order valence-electron chi connectivity index (χ2n) is 3.56. The molecule has 0 saturated heterocycles. The minimum atomic E-state index is -1.05. The summed E-state index contributed by atoms with van der Waals surface area (Å²) in [5.74, 6) is -2.46. The van der Waals surface area contributed by atoms with Crippen molar-refractivity contribution in [3.05, 3.63) is 29.8 Å². The lowest BCUT2D eigenvalue weighted by Gasteiger charge is -2.07. The van der Waals surface area contributed by atoms with Crippen LogP contribution in [-0.2, 0) is 9.53 Å². The number of ether oxygens (including phenoxy) is 1. The monoisotopic (exact) mass is 272 g/mol. The molecule has 5 nitrogen and oxygen atoms in total. The van der Waals surface area contributed by atoms with Gasteiger partial charge >= 0.3 is 12.0 Å². The zero-order chi connectivity index (χ0) is 14.3. The Morgan fingerprint density at radius 2 is 2.00 bits per heavy atom. The van der Waals surface area contributed by atoms with Crippen LogP contribution >= 0.6 is 0 Å². The molecule has 0 aliphatic rings. The highest BCUT2D eigenvalue weighted by molar-refractivity contribution is 5.89. The molecule has 1 rings (SSSR count). The molecule has 0 radical (unpaired) electrons. The summed E-state index contributed by atoms with van der Waals surface area (Å²) in [6.45, 7) is 2.05. The van der Waals surface area contributed by atoms with E-state index in [1.165, 1.54) is 6.07 Å². The van der Waals surface area contributed by atoms with Gasteiger partial charge in [0.25, 0.3) is 0 Å². The van der Waals surface area contributed by atoms with E-state index in [1.807, 2.05) is 0 Å². The molecule has 1 aromatic carbocycles. The van der Waals surface area contributed by atoms with E-state index < -0.39 is 23.6 Å². The quantitative estimate of drug-likeness (QED) is 0.806. The van der Waals surface area contributed by atoms with Crippen molar-refractivity contribution in [2.24, 2.45) is 0 Å². The zero-order valence-corrected chi connectivity index (χ0v) is 10.3. The van der Waals surface area contributed by atoms with Crippen molar-refractivity contribution in [3.63, 3.8) is 0 Å². The van der Waals surface area contributed by atoms with Crippen molar-refractivity contribution in [1.29, 1.82) is 0 Å². The minimum Gasteiger partial charge on any atom is -0.466 e. The third kappa shape index (κ3) is 5.33. The maximum atomic E-state index is 12.9. The molecule has 0 atom stereocenters.